The molecule has 0 saturated carbocycles. The molecule has 1 aromatic rings. The highest BCUT2D eigenvalue weighted by Crippen LogP contribution is 2.27. The molecule has 0 aliphatic carbocycles. The summed E-state index contributed by atoms with van der Waals surface area (Å²) in [6, 6.07) is 0. The minimum absolute atomic E-state index is 0.172. The lowest BCUT2D eigenvalue weighted by Gasteiger charge is -2.05. The zero-order chi connectivity index (χ0) is 13.8. The monoisotopic (exact) mass is 280 g/mol. The molecule has 0 aromatic carbocycles. The molecule has 104 valence electrons. The van der Waals surface area contributed by atoms with Gasteiger partial charge in [0, 0.05) is 11.4 Å². The Morgan fingerprint density at radius 2 is 2.00 bits per heavy atom. The Morgan fingerprint density at radius 1 is 1.33 bits per heavy atom. The van der Waals surface area contributed by atoms with Crippen molar-refractivity contribution in [3.8, 4) is 0 Å². The fourth-order valence-electron chi connectivity index (χ4n) is 1.61. The van der Waals surface area contributed by atoms with Crippen LogP contribution < -0.4 is 5.32 Å². The van der Waals surface area contributed by atoms with Crippen LogP contribution in [0.25, 0.3) is 0 Å². The predicted molar refractivity (Wildman–Crippen MR) is 67.8 cm³/mol. The highest BCUT2D eigenvalue weighted by Gasteiger charge is 2.30. The van der Waals surface area contributed by atoms with Crippen LogP contribution >= 0.6 is 11.3 Å². The number of nitrogens with one attached hydrogen (secondary N) is 1. The van der Waals surface area contributed by atoms with Gasteiger partial charge in [0.1, 0.15) is 5.01 Å². The molecule has 0 aliphatic rings. The second-order valence-corrected chi connectivity index (χ2v) is 5.82. The molecule has 0 amide bonds. The Labute approximate surface area is 110 Å². The summed E-state index contributed by atoms with van der Waals surface area (Å²) in [4.78, 5) is 5.08. The highest BCUT2D eigenvalue weighted by atomic mass is 32.1. The van der Waals surface area contributed by atoms with Gasteiger partial charge >= 0.3 is 6.18 Å². The van der Waals surface area contributed by atoms with Crippen LogP contribution in [0.1, 0.15) is 36.3 Å². The van der Waals surface area contributed by atoms with Crippen molar-refractivity contribution >= 4 is 11.3 Å². The number of nitrogens with zero attached hydrogens (tertiary/aromatic N) is 1. The summed E-state index contributed by atoms with van der Waals surface area (Å²) in [6.45, 7) is 7.46. The number of aromatic nitrogens is 1. The lowest BCUT2D eigenvalue weighted by atomic mass is 10.1. The number of thiazole rings is 1. The Balaban J connectivity index is 2.84. The molecule has 0 aliphatic heterocycles. The van der Waals surface area contributed by atoms with Gasteiger partial charge in [0.2, 0.25) is 0 Å². The SMILES string of the molecule is CCNCc1sc(CC(F)(F)F)nc1CC(C)C. The standard InChI is InChI=1S/C12H19F3N2S/c1-4-16-7-10-9(5-8(2)3)17-11(18-10)6-12(13,14)15/h8,16H,4-7H2,1-3H3. The maximum Gasteiger partial charge on any atom is 0.395 e. The first kappa shape index (κ1) is 15.4. The van der Waals surface area contributed by atoms with E-state index in [1.807, 2.05) is 20.8 Å². The van der Waals surface area contributed by atoms with Crippen LogP contribution in [0.2, 0.25) is 0 Å². The van der Waals surface area contributed by atoms with Gasteiger partial charge in [-0.1, -0.05) is 20.8 Å². The minimum Gasteiger partial charge on any atom is -0.312 e. The number of alkyl halides is 3. The fourth-order valence-corrected chi connectivity index (χ4v) is 2.70. The minimum atomic E-state index is -4.18. The molecule has 2 nitrogen and oxygen atoms in total. The summed E-state index contributed by atoms with van der Waals surface area (Å²) in [5.41, 5.74) is 0.815. The van der Waals surface area contributed by atoms with E-state index in [0.29, 0.717) is 12.5 Å². The first-order chi connectivity index (χ1) is 8.31. The second kappa shape index (κ2) is 6.52. The van der Waals surface area contributed by atoms with Crippen molar-refractivity contribution < 1.29 is 13.2 Å². The van der Waals surface area contributed by atoms with Crippen LogP contribution in [-0.4, -0.2) is 17.7 Å². The van der Waals surface area contributed by atoms with E-state index in [1.54, 1.807) is 0 Å². The van der Waals surface area contributed by atoms with Crippen LogP contribution in [0, 0.1) is 5.92 Å². The Bertz CT molecular complexity index is 372. The lowest BCUT2D eigenvalue weighted by molar-refractivity contribution is -0.127. The molecule has 0 atom stereocenters. The third-order valence-electron chi connectivity index (χ3n) is 2.31. The van der Waals surface area contributed by atoms with Crippen LogP contribution in [-0.2, 0) is 19.4 Å². The Kier molecular flexibility index (Phi) is 5.59. The second-order valence-electron chi connectivity index (χ2n) is 4.65. The van der Waals surface area contributed by atoms with Crippen molar-refractivity contribution in [2.75, 3.05) is 6.54 Å². The summed E-state index contributed by atoms with van der Waals surface area (Å²) in [5.74, 6) is 0.395. The van der Waals surface area contributed by atoms with Gasteiger partial charge in [-0.3, -0.25) is 0 Å². The fraction of sp³-hybridized carbons (Fsp3) is 0.750. The van der Waals surface area contributed by atoms with E-state index in [4.69, 9.17) is 0 Å². The van der Waals surface area contributed by atoms with E-state index in [1.165, 1.54) is 11.3 Å². The van der Waals surface area contributed by atoms with Crippen molar-refractivity contribution in [1.82, 2.24) is 10.3 Å². The van der Waals surface area contributed by atoms with Crippen molar-refractivity contribution in [2.24, 2.45) is 5.92 Å². The average molecular weight is 280 g/mol. The predicted octanol–water partition coefficient (Wildman–Crippen LogP) is 3.56. The molecule has 18 heavy (non-hydrogen) atoms. The van der Waals surface area contributed by atoms with Gasteiger partial charge in [-0.15, -0.1) is 11.3 Å². The summed E-state index contributed by atoms with van der Waals surface area (Å²) in [7, 11) is 0. The molecule has 0 radical (unpaired) electrons. The normalized spacial score (nSPS) is 12.4. The van der Waals surface area contributed by atoms with E-state index in [2.05, 4.69) is 10.3 Å². The molecular formula is C12H19F3N2S. The molecule has 0 fully saturated rings. The Hall–Kier alpha value is -0.620. The smallest absolute Gasteiger partial charge is 0.312 e. The number of halogens is 3. The first-order valence-corrected chi connectivity index (χ1v) is 6.88. The first-order valence-electron chi connectivity index (χ1n) is 6.06. The van der Waals surface area contributed by atoms with Crippen molar-refractivity contribution in [1.29, 1.82) is 0 Å². The topological polar surface area (TPSA) is 24.9 Å². The highest BCUT2D eigenvalue weighted by molar-refractivity contribution is 7.11. The van der Waals surface area contributed by atoms with Crippen molar-refractivity contribution in [2.45, 2.75) is 46.3 Å². The van der Waals surface area contributed by atoms with Crippen LogP contribution in [0.3, 0.4) is 0 Å². The molecule has 0 unspecified atom stereocenters. The maximum absolute atomic E-state index is 12.3. The molecule has 1 aromatic heterocycles. The number of rotatable bonds is 6. The molecule has 0 saturated heterocycles. The molecule has 1 heterocycles. The van der Waals surface area contributed by atoms with E-state index < -0.39 is 12.6 Å². The quantitative estimate of drug-likeness (QED) is 0.862. The molecular weight excluding hydrogens is 261 g/mol. The van der Waals surface area contributed by atoms with Crippen molar-refractivity contribution in [3.63, 3.8) is 0 Å². The zero-order valence-corrected chi connectivity index (χ0v) is 11.7. The van der Waals surface area contributed by atoms with E-state index >= 15 is 0 Å². The molecule has 1 rings (SSSR count). The van der Waals surface area contributed by atoms with Crippen LogP contribution in [0.4, 0.5) is 13.2 Å². The van der Waals surface area contributed by atoms with E-state index in [9.17, 15) is 13.2 Å². The molecule has 1 N–H and O–H groups in total. The van der Waals surface area contributed by atoms with Crippen LogP contribution in [0.15, 0.2) is 0 Å². The van der Waals surface area contributed by atoms with Gasteiger partial charge in [-0.2, -0.15) is 13.2 Å². The molecule has 6 heteroatoms. The van der Waals surface area contributed by atoms with Gasteiger partial charge < -0.3 is 5.32 Å². The Morgan fingerprint density at radius 3 is 2.50 bits per heavy atom. The van der Waals surface area contributed by atoms with Crippen LogP contribution in [0.5, 0.6) is 0 Å². The number of hydrogen-bond acceptors (Lipinski definition) is 3. The summed E-state index contributed by atoms with van der Waals surface area (Å²) < 4.78 is 37.0. The van der Waals surface area contributed by atoms with Crippen molar-refractivity contribution in [3.05, 3.63) is 15.6 Å². The molecule has 0 spiro atoms. The van der Waals surface area contributed by atoms with Gasteiger partial charge in [0.05, 0.1) is 12.1 Å². The van der Waals surface area contributed by atoms with E-state index in [0.717, 1.165) is 23.5 Å². The molecule has 0 bridgehead atoms. The van der Waals surface area contributed by atoms with Gasteiger partial charge in [-0.25, -0.2) is 4.98 Å². The van der Waals surface area contributed by atoms with E-state index in [-0.39, 0.29) is 5.01 Å². The van der Waals surface area contributed by atoms with Gasteiger partial charge in [-0.05, 0) is 18.9 Å². The summed E-state index contributed by atoms with van der Waals surface area (Å²) in [6.07, 6.45) is -4.37. The summed E-state index contributed by atoms with van der Waals surface area (Å²) in [5, 5.41) is 3.32. The third kappa shape index (κ3) is 5.35. The largest absolute Gasteiger partial charge is 0.395 e. The zero-order valence-electron chi connectivity index (χ0n) is 10.9. The third-order valence-corrected chi connectivity index (χ3v) is 3.41. The van der Waals surface area contributed by atoms with Gasteiger partial charge in [0.15, 0.2) is 0 Å². The lowest BCUT2D eigenvalue weighted by Crippen LogP contribution is -2.12. The number of hydrogen-bond donors (Lipinski definition) is 1. The average Bonchev–Trinajstić information content (AvgIpc) is 2.53. The maximum atomic E-state index is 12.3. The summed E-state index contributed by atoms with van der Waals surface area (Å²) >= 11 is 1.17. The van der Waals surface area contributed by atoms with Gasteiger partial charge in [0.25, 0.3) is 0 Å².